The first-order valence-electron chi connectivity index (χ1n) is 5.65. The van der Waals surface area contributed by atoms with Gasteiger partial charge < -0.3 is 4.52 Å². The number of amides is 1. The molecule has 1 aromatic carbocycles. The molecule has 6 heteroatoms. The van der Waals surface area contributed by atoms with Gasteiger partial charge in [0.15, 0.2) is 5.69 Å². The van der Waals surface area contributed by atoms with Crippen LogP contribution >= 0.6 is 0 Å². The monoisotopic (exact) mass is 278 g/mol. The second-order valence-corrected chi connectivity index (χ2v) is 6.59. The lowest BCUT2D eigenvalue weighted by Crippen LogP contribution is -2.04. The van der Waals surface area contributed by atoms with Crippen molar-refractivity contribution in [1.82, 2.24) is 5.16 Å². The van der Waals surface area contributed by atoms with Crippen molar-refractivity contribution in [3.63, 3.8) is 0 Å². The average molecular weight is 278 g/mol. The summed E-state index contributed by atoms with van der Waals surface area (Å²) in [7, 11) is -2.77. The molecule has 1 amide bonds. The van der Waals surface area contributed by atoms with Gasteiger partial charge in [0, 0.05) is 17.2 Å². The summed E-state index contributed by atoms with van der Waals surface area (Å²) < 4.78 is 21.0. The summed E-state index contributed by atoms with van der Waals surface area (Å²) in [5.41, 5.74) is 1.12. The van der Waals surface area contributed by atoms with Crippen LogP contribution in [0.4, 0.5) is 0 Å². The molecule has 0 N–H and O–H groups in total. The maximum atomic E-state index is 12.4. The Morgan fingerprint density at radius 1 is 1.26 bits per heavy atom. The quantitative estimate of drug-likeness (QED) is 0.846. The number of hydrogen-bond donors (Lipinski definition) is 0. The van der Waals surface area contributed by atoms with Crippen LogP contribution in [0.2, 0.25) is 0 Å². The fourth-order valence-corrected chi connectivity index (χ4v) is 2.67. The summed E-state index contributed by atoms with van der Waals surface area (Å²) in [6.07, 6.45) is 1.43. The number of aromatic nitrogens is 1. The third kappa shape index (κ3) is 3.08. The first-order valence-corrected chi connectivity index (χ1v) is 7.57. The predicted octanol–water partition coefficient (Wildman–Crippen LogP) is 2.59. The Labute approximate surface area is 111 Å². The van der Waals surface area contributed by atoms with Crippen LogP contribution < -0.4 is 0 Å². The number of carbonyl (C=O) groups excluding carboxylic acids is 1. The van der Waals surface area contributed by atoms with E-state index in [4.69, 9.17) is 4.52 Å². The second-order valence-electron chi connectivity index (χ2n) is 4.33. The Morgan fingerprint density at radius 3 is 2.42 bits per heavy atom. The van der Waals surface area contributed by atoms with Crippen molar-refractivity contribution < 1.29 is 13.5 Å². The van der Waals surface area contributed by atoms with Crippen LogP contribution in [0, 0.1) is 13.8 Å². The first kappa shape index (κ1) is 13.5. The second kappa shape index (κ2) is 4.97. The SMILES string of the molecule is Cc1ccc([S@@](C)(=O)=NC(=O)c2cc(C)on2)cc1. The van der Waals surface area contributed by atoms with Crippen LogP contribution in [0.15, 0.2) is 44.1 Å². The van der Waals surface area contributed by atoms with Gasteiger partial charge in [0.1, 0.15) is 5.76 Å². The van der Waals surface area contributed by atoms with Gasteiger partial charge in [-0.25, -0.2) is 4.21 Å². The van der Waals surface area contributed by atoms with Gasteiger partial charge in [-0.05, 0) is 26.0 Å². The number of benzene rings is 1. The van der Waals surface area contributed by atoms with E-state index in [1.165, 1.54) is 12.3 Å². The van der Waals surface area contributed by atoms with E-state index in [0.29, 0.717) is 10.7 Å². The highest BCUT2D eigenvalue weighted by atomic mass is 32.2. The normalized spacial score (nSPS) is 13.8. The summed E-state index contributed by atoms with van der Waals surface area (Å²) in [5, 5.41) is 3.56. The summed E-state index contributed by atoms with van der Waals surface area (Å²) in [6.45, 7) is 3.61. The van der Waals surface area contributed by atoms with Crippen molar-refractivity contribution in [3.05, 3.63) is 47.3 Å². The van der Waals surface area contributed by atoms with Crippen molar-refractivity contribution in [3.8, 4) is 0 Å². The number of hydrogen-bond acceptors (Lipinski definition) is 4. The van der Waals surface area contributed by atoms with E-state index >= 15 is 0 Å². The highest BCUT2D eigenvalue weighted by Crippen LogP contribution is 2.14. The lowest BCUT2D eigenvalue weighted by Gasteiger charge is -2.03. The molecule has 2 aromatic rings. The molecule has 19 heavy (non-hydrogen) atoms. The van der Waals surface area contributed by atoms with Crippen molar-refractivity contribution in [2.45, 2.75) is 18.7 Å². The molecular formula is C13H14N2O3S. The Morgan fingerprint density at radius 2 is 1.89 bits per heavy atom. The van der Waals surface area contributed by atoms with E-state index in [2.05, 4.69) is 9.52 Å². The number of nitrogens with zero attached hydrogens (tertiary/aromatic N) is 2. The molecule has 0 radical (unpaired) electrons. The van der Waals surface area contributed by atoms with Gasteiger partial charge in [0.05, 0.1) is 9.73 Å². The number of carbonyl (C=O) groups is 1. The standard InChI is InChI=1S/C13H14N2O3S/c1-9-4-6-11(7-5-9)19(3,17)15-13(16)12-8-10(2)18-14-12/h4-8H,1-3H3/t19-/m1/s1. The molecular weight excluding hydrogens is 264 g/mol. The van der Waals surface area contributed by atoms with Crippen LogP contribution in [0.3, 0.4) is 0 Å². The minimum atomic E-state index is -2.77. The number of aryl methyl sites for hydroxylation is 2. The molecule has 1 atom stereocenters. The Kier molecular flexibility index (Phi) is 3.53. The van der Waals surface area contributed by atoms with Crippen LogP contribution in [0.5, 0.6) is 0 Å². The van der Waals surface area contributed by atoms with E-state index in [1.807, 2.05) is 19.1 Å². The minimum absolute atomic E-state index is 0.0687. The maximum absolute atomic E-state index is 12.4. The molecule has 0 aliphatic rings. The zero-order chi connectivity index (χ0) is 14.0. The highest BCUT2D eigenvalue weighted by molar-refractivity contribution is 7.93. The first-order chi connectivity index (χ1) is 8.88. The topological polar surface area (TPSA) is 72.5 Å². The Hall–Kier alpha value is -1.95. The molecule has 1 heterocycles. The van der Waals surface area contributed by atoms with Crippen LogP contribution in [0.25, 0.3) is 0 Å². The lowest BCUT2D eigenvalue weighted by molar-refractivity contribution is 0.0996. The zero-order valence-corrected chi connectivity index (χ0v) is 11.7. The van der Waals surface area contributed by atoms with Crippen molar-refractivity contribution >= 4 is 15.6 Å². The van der Waals surface area contributed by atoms with Crippen molar-refractivity contribution in [1.29, 1.82) is 0 Å². The molecule has 1 aromatic heterocycles. The molecule has 0 spiro atoms. The van der Waals surface area contributed by atoms with Gasteiger partial charge in [-0.1, -0.05) is 22.9 Å². The average Bonchev–Trinajstić information content (AvgIpc) is 2.76. The highest BCUT2D eigenvalue weighted by Gasteiger charge is 2.14. The van der Waals surface area contributed by atoms with E-state index in [0.717, 1.165) is 5.56 Å². The Balaban J connectivity index is 2.38. The zero-order valence-electron chi connectivity index (χ0n) is 10.9. The minimum Gasteiger partial charge on any atom is -0.361 e. The smallest absolute Gasteiger partial charge is 0.307 e. The molecule has 0 bridgehead atoms. The summed E-state index contributed by atoms with van der Waals surface area (Å²) in [4.78, 5) is 12.4. The summed E-state index contributed by atoms with van der Waals surface area (Å²) >= 11 is 0. The third-order valence-corrected chi connectivity index (χ3v) is 4.22. The fraction of sp³-hybridized carbons (Fsp3) is 0.231. The lowest BCUT2D eigenvalue weighted by atomic mass is 10.2. The molecule has 0 aliphatic heterocycles. The molecule has 0 saturated carbocycles. The van der Waals surface area contributed by atoms with E-state index in [9.17, 15) is 9.00 Å². The number of rotatable bonds is 2. The largest absolute Gasteiger partial charge is 0.361 e. The molecule has 2 rings (SSSR count). The molecule has 0 aliphatic carbocycles. The van der Waals surface area contributed by atoms with Crippen molar-refractivity contribution in [2.75, 3.05) is 6.26 Å². The molecule has 0 saturated heterocycles. The van der Waals surface area contributed by atoms with Gasteiger partial charge >= 0.3 is 5.91 Å². The maximum Gasteiger partial charge on any atom is 0.307 e. The third-order valence-electron chi connectivity index (χ3n) is 2.56. The molecule has 0 fully saturated rings. The van der Waals surface area contributed by atoms with E-state index < -0.39 is 15.6 Å². The van der Waals surface area contributed by atoms with Crippen LogP contribution in [-0.4, -0.2) is 21.5 Å². The van der Waals surface area contributed by atoms with Crippen molar-refractivity contribution in [2.24, 2.45) is 4.36 Å². The van der Waals surface area contributed by atoms with Gasteiger partial charge in [-0.15, -0.1) is 0 Å². The van der Waals surface area contributed by atoms with Gasteiger partial charge in [-0.3, -0.25) is 4.79 Å². The van der Waals surface area contributed by atoms with Crippen LogP contribution in [0.1, 0.15) is 21.8 Å². The fourth-order valence-electron chi connectivity index (χ4n) is 1.52. The van der Waals surface area contributed by atoms with Gasteiger partial charge in [0.25, 0.3) is 0 Å². The van der Waals surface area contributed by atoms with E-state index in [-0.39, 0.29) is 5.69 Å². The Bertz CT molecular complexity index is 723. The van der Waals surface area contributed by atoms with Gasteiger partial charge in [0.2, 0.25) is 0 Å². The summed E-state index contributed by atoms with van der Waals surface area (Å²) in [5.74, 6) is -0.124. The molecule has 0 unspecified atom stereocenters. The summed E-state index contributed by atoms with van der Waals surface area (Å²) in [6, 6.07) is 8.55. The predicted molar refractivity (Wildman–Crippen MR) is 71.5 cm³/mol. The van der Waals surface area contributed by atoms with E-state index in [1.54, 1.807) is 19.1 Å². The van der Waals surface area contributed by atoms with Crippen LogP contribution in [-0.2, 0) is 9.73 Å². The molecule has 5 nitrogen and oxygen atoms in total. The molecule has 100 valence electrons. The van der Waals surface area contributed by atoms with Gasteiger partial charge in [-0.2, -0.15) is 4.36 Å².